The molecule has 0 aliphatic carbocycles. The summed E-state index contributed by atoms with van der Waals surface area (Å²) in [5.74, 6) is -0.502. The van der Waals surface area contributed by atoms with Crippen molar-refractivity contribution >= 4 is 33.4 Å². The number of phenolic OH excluding ortho intramolecular Hbond substituents is 1. The topological polar surface area (TPSA) is 98.0 Å². The molecule has 24 heavy (non-hydrogen) atoms. The fourth-order valence-corrected chi connectivity index (χ4v) is 2.72. The van der Waals surface area contributed by atoms with Crippen LogP contribution in [0, 0.1) is 0 Å². The number of aromatic nitrogens is 2. The average molecular weight is 319 g/mol. The summed E-state index contributed by atoms with van der Waals surface area (Å²) in [4.78, 5) is 29.0. The first-order valence-electron chi connectivity index (χ1n) is 7.35. The van der Waals surface area contributed by atoms with E-state index in [9.17, 15) is 14.7 Å². The Morgan fingerprint density at radius 3 is 2.42 bits per heavy atom. The second kappa shape index (κ2) is 5.27. The molecular formula is C18H13N3O3. The molecule has 6 heteroatoms. The molecule has 0 bridgehead atoms. The maximum absolute atomic E-state index is 12.5. The van der Waals surface area contributed by atoms with Gasteiger partial charge in [-0.3, -0.25) is 4.79 Å². The maximum Gasteiger partial charge on any atom is 0.323 e. The van der Waals surface area contributed by atoms with Crippen molar-refractivity contribution in [2.75, 3.05) is 5.32 Å². The monoisotopic (exact) mass is 319 g/mol. The predicted octanol–water partition coefficient (Wildman–Crippen LogP) is 2.97. The number of carbonyl (C=O) groups is 1. The highest BCUT2D eigenvalue weighted by molar-refractivity contribution is 6.09. The Labute approximate surface area is 135 Å². The van der Waals surface area contributed by atoms with Crippen molar-refractivity contribution in [3.05, 3.63) is 70.6 Å². The molecule has 1 amide bonds. The Hall–Kier alpha value is -3.54. The van der Waals surface area contributed by atoms with E-state index in [1.807, 2.05) is 24.3 Å². The maximum atomic E-state index is 12.5. The smallest absolute Gasteiger partial charge is 0.323 e. The molecule has 118 valence electrons. The standard InChI is InChI=1S/C18H13N3O3/c22-16-8-11-4-2-1-3-10(11)7-13(16)17(23)19-12-5-6-14-15(9-12)21-18(24)20-14/h1-9,22H,(H,19,23)(H2,20,21,24). The van der Waals surface area contributed by atoms with Crippen molar-refractivity contribution in [3.8, 4) is 5.75 Å². The number of amides is 1. The zero-order valence-electron chi connectivity index (χ0n) is 12.5. The molecule has 1 heterocycles. The first-order chi connectivity index (χ1) is 11.6. The Bertz CT molecular complexity index is 1140. The van der Waals surface area contributed by atoms with Crippen LogP contribution in [0.2, 0.25) is 0 Å². The van der Waals surface area contributed by atoms with E-state index in [0.717, 1.165) is 10.8 Å². The number of aromatic hydroxyl groups is 1. The number of benzene rings is 3. The Balaban J connectivity index is 1.69. The number of hydrogen-bond acceptors (Lipinski definition) is 3. The predicted molar refractivity (Wildman–Crippen MR) is 92.5 cm³/mol. The zero-order valence-corrected chi connectivity index (χ0v) is 12.5. The van der Waals surface area contributed by atoms with Gasteiger partial charge in [0.15, 0.2) is 0 Å². The summed E-state index contributed by atoms with van der Waals surface area (Å²) in [5, 5.41) is 14.6. The summed E-state index contributed by atoms with van der Waals surface area (Å²) in [6.45, 7) is 0. The summed E-state index contributed by atoms with van der Waals surface area (Å²) in [6.07, 6.45) is 0. The molecule has 0 aliphatic heterocycles. The van der Waals surface area contributed by atoms with Crippen LogP contribution in [0.4, 0.5) is 5.69 Å². The molecule has 6 nitrogen and oxygen atoms in total. The first kappa shape index (κ1) is 14.1. The van der Waals surface area contributed by atoms with E-state index >= 15 is 0 Å². The highest BCUT2D eigenvalue weighted by Gasteiger charge is 2.13. The molecule has 0 saturated heterocycles. The first-order valence-corrected chi connectivity index (χ1v) is 7.35. The van der Waals surface area contributed by atoms with Gasteiger partial charge in [0.05, 0.1) is 16.6 Å². The van der Waals surface area contributed by atoms with Gasteiger partial charge in [0.2, 0.25) is 0 Å². The fourth-order valence-electron chi connectivity index (χ4n) is 2.72. The highest BCUT2D eigenvalue weighted by atomic mass is 16.3. The van der Waals surface area contributed by atoms with Crippen molar-refractivity contribution in [3.63, 3.8) is 0 Å². The molecule has 0 saturated carbocycles. The van der Waals surface area contributed by atoms with Crippen LogP contribution in [0.5, 0.6) is 5.75 Å². The van der Waals surface area contributed by atoms with Crippen molar-refractivity contribution in [2.24, 2.45) is 0 Å². The normalized spacial score (nSPS) is 11.0. The molecule has 0 aliphatic rings. The minimum absolute atomic E-state index is 0.0812. The molecule has 4 aromatic rings. The van der Waals surface area contributed by atoms with Crippen LogP contribution >= 0.6 is 0 Å². The number of imidazole rings is 1. The second-order valence-electron chi connectivity index (χ2n) is 5.51. The van der Waals surface area contributed by atoms with Crippen LogP contribution in [-0.2, 0) is 0 Å². The third-order valence-electron chi connectivity index (χ3n) is 3.88. The van der Waals surface area contributed by atoms with Crippen LogP contribution in [0.25, 0.3) is 21.8 Å². The lowest BCUT2D eigenvalue weighted by atomic mass is 10.1. The zero-order chi connectivity index (χ0) is 16.7. The molecule has 0 spiro atoms. The number of H-pyrrole nitrogens is 2. The van der Waals surface area contributed by atoms with Gasteiger partial charge < -0.3 is 20.4 Å². The lowest BCUT2D eigenvalue weighted by Gasteiger charge is -2.08. The fraction of sp³-hybridized carbons (Fsp3) is 0. The van der Waals surface area contributed by atoms with Gasteiger partial charge in [-0.1, -0.05) is 24.3 Å². The van der Waals surface area contributed by atoms with Gasteiger partial charge >= 0.3 is 5.69 Å². The van der Waals surface area contributed by atoms with Crippen molar-refractivity contribution in [1.82, 2.24) is 9.97 Å². The summed E-state index contributed by atoms with van der Waals surface area (Å²) < 4.78 is 0. The van der Waals surface area contributed by atoms with E-state index in [2.05, 4.69) is 15.3 Å². The van der Waals surface area contributed by atoms with Gasteiger partial charge in [-0.2, -0.15) is 0 Å². The SMILES string of the molecule is O=C(Nc1ccc2[nH]c(=O)[nH]c2c1)c1cc2ccccc2cc1O. The molecule has 0 atom stereocenters. The number of nitrogens with one attached hydrogen (secondary N) is 3. The van der Waals surface area contributed by atoms with Crippen LogP contribution in [0.15, 0.2) is 59.4 Å². The number of anilines is 1. The van der Waals surface area contributed by atoms with Gasteiger partial charge in [-0.15, -0.1) is 0 Å². The molecule has 0 fully saturated rings. The van der Waals surface area contributed by atoms with Crippen LogP contribution in [0.3, 0.4) is 0 Å². The van der Waals surface area contributed by atoms with Crippen molar-refractivity contribution in [2.45, 2.75) is 0 Å². The van der Waals surface area contributed by atoms with Crippen LogP contribution in [-0.4, -0.2) is 21.0 Å². The number of aromatic amines is 2. The van der Waals surface area contributed by atoms with Crippen molar-refractivity contribution in [1.29, 1.82) is 0 Å². The largest absolute Gasteiger partial charge is 0.507 e. The minimum Gasteiger partial charge on any atom is -0.507 e. The summed E-state index contributed by atoms with van der Waals surface area (Å²) in [6, 6.07) is 15.7. The Morgan fingerprint density at radius 2 is 1.62 bits per heavy atom. The van der Waals surface area contributed by atoms with Crippen molar-refractivity contribution < 1.29 is 9.90 Å². The summed E-state index contributed by atoms with van der Waals surface area (Å²) in [7, 11) is 0. The molecule has 1 aromatic heterocycles. The van der Waals surface area contributed by atoms with Crippen LogP contribution in [0.1, 0.15) is 10.4 Å². The third kappa shape index (κ3) is 2.40. The van der Waals surface area contributed by atoms with Crippen LogP contribution < -0.4 is 11.0 Å². The van der Waals surface area contributed by atoms with Gasteiger partial charge in [-0.25, -0.2) is 4.79 Å². The molecule has 3 aromatic carbocycles. The number of rotatable bonds is 2. The molecule has 4 N–H and O–H groups in total. The van der Waals surface area contributed by atoms with E-state index in [1.165, 1.54) is 0 Å². The molecule has 0 unspecified atom stereocenters. The van der Waals surface area contributed by atoms with E-state index < -0.39 is 5.91 Å². The van der Waals surface area contributed by atoms with Gasteiger partial charge in [0.25, 0.3) is 5.91 Å². The molecule has 4 rings (SSSR count). The van der Waals surface area contributed by atoms with E-state index in [0.29, 0.717) is 16.7 Å². The van der Waals surface area contributed by atoms with E-state index in [-0.39, 0.29) is 17.0 Å². The lowest BCUT2D eigenvalue weighted by molar-refractivity contribution is 0.102. The second-order valence-corrected chi connectivity index (χ2v) is 5.51. The van der Waals surface area contributed by atoms with E-state index in [4.69, 9.17) is 0 Å². The average Bonchev–Trinajstić information content (AvgIpc) is 2.93. The van der Waals surface area contributed by atoms with Gasteiger partial charge in [-0.05, 0) is 41.1 Å². The highest BCUT2D eigenvalue weighted by Crippen LogP contribution is 2.26. The summed E-state index contributed by atoms with van der Waals surface area (Å²) in [5.41, 5.74) is 1.67. The quantitative estimate of drug-likeness (QED) is 0.457. The number of carbonyl (C=O) groups excluding carboxylic acids is 1. The third-order valence-corrected chi connectivity index (χ3v) is 3.88. The number of fused-ring (bicyclic) bond motifs is 2. The Kier molecular flexibility index (Phi) is 3.09. The lowest BCUT2D eigenvalue weighted by Crippen LogP contribution is -2.12. The van der Waals surface area contributed by atoms with E-state index in [1.54, 1.807) is 30.3 Å². The molecular weight excluding hydrogens is 306 g/mol. The minimum atomic E-state index is -0.421. The van der Waals surface area contributed by atoms with Gasteiger partial charge in [0.1, 0.15) is 5.75 Å². The number of hydrogen-bond donors (Lipinski definition) is 4. The van der Waals surface area contributed by atoms with Gasteiger partial charge in [0, 0.05) is 5.69 Å². The Morgan fingerprint density at radius 1 is 0.917 bits per heavy atom. The number of phenols is 1. The summed E-state index contributed by atoms with van der Waals surface area (Å²) >= 11 is 0. The molecule has 0 radical (unpaired) electrons.